The molecule has 0 aliphatic carbocycles. The molecule has 1 unspecified atom stereocenters. The molecule has 144 valence electrons. The first-order valence-electron chi connectivity index (χ1n) is 9.55. The Hall–Kier alpha value is -3.12. The molecule has 0 saturated carbocycles. The molecule has 0 spiro atoms. The first-order chi connectivity index (χ1) is 13.7. The molecule has 2 aromatic carbocycles. The van der Waals surface area contributed by atoms with E-state index in [0.717, 1.165) is 30.2 Å². The van der Waals surface area contributed by atoms with Crippen LogP contribution in [0.2, 0.25) is 0 Å². The number of likely N-dealkylation sites (tertiary alicyclic amines) is 1. The molecular weight excluding hydrogens is 350 g/mol. The fourth-order valence-corrected chi connectivity index (χ4v) is 3.79. The van der Waals surface area contributed by atoms with Gasteiger partial charge in [0.05, 0.1) is 12.8 Å². The average molecular weight is 375 g/mol. The van der Waals surface area contributed by atoms with Gasteiger partial charge in [-0.05, 0) is 37.1 Å². The van der Waals surface area contributed by atoms with Crippen molar-refractivity contribution in [3.05, 3.63) is 71.9 Å². The van der Waals surface area contributed by atoms with Gasteiger partial charge in [0.1, 0.15) is 11.6 Å². The SMILES string of the molecule is COc1cccc(Nc2cc(CN3CCCC3c3ccccc3)nc(N)n2)c1. The molecule has 6 nitrogen and oxygen atoms in total. The average Bonchev–Trinajstić information content (AvgIpc) is 3.16. The first kappa shape index (κ1) is 18.3. The lowest BCUT2D eigenvalue weighted by Gasteiger charge is -2.24. The Morgan fingerprint density at radius 3 is 2.79 bits per heavy atom. The van der Waals surface area contributed by atoms with E-state index in [-0.39, 0.29) is 5.95 Å². The van der Waals surface area contributed by atoms with Gasteiger partial charge in [-0.25, -0.2) is 4.98 Å². The maximum Gasteiger partial charge on any atom is 0.222 e. The third-order valence-corrected chi connectivity index (χ3v) is 5.05. The molecular formula is C22H25N5O. The van der Waals surface area contributed by atoms with Gasteiger partial charge in [0.25, 0.3) is 0 Å². The smallest absolute Gasteiger partial charge is 0.222 e. The standard InChI is InChI=1S/C22H25N5O/c1-28-19-10-5-9-17(13-19)24-21-14-18(25-22(23)26-21)15-27-12-6-11-20(27)16-7-3-2-4-8-16/h2-5,7-10,13-14,20H,6,11-12,15H2,1H3,(H3,23,24,25,26). The number of ether oxygens (including phenoxy) is 1. The fraction of sp³-hybridized carbons (Fsp3) is 0.273. The van der Waals surface area contributed by atoms with Crippen LogP contribution < -0.4 is 15.8 Å². The summed E-state index contributed by atoms with van der Waals surface area (Å²) in [7, 11) is 1.65. The first-order valence-corrected chi connectivity index (χ1v) is 9.55. The van der Waals surface area contributed by atoms with Gasteiger partial charge in [0.15, 0.2) is 0 Å². The zero-order chi connectivity index (χ0) is 19.3. The van der Waals surface area contributed by atoms with Gasteiger partial charge in [-0.15, -0.1) is 0 Å². The number of rotatable bonds is 6. The van der Waals surface area contributed by atoms with E-state index in [1.165, 1.54) is 18.4 Å². The van der Waals surface area contributed by atoms with E-state index in [2.05, 4.69) is 50.5 Å². The van der Waals surface area contributed by atoms with Crippen LogP contribution in [0, 0.1) is 0 Å². The monoisotopic (exact) mass is 375 g/mol. The van der Waals surface area contributed by atoms with E-state index < -0.39 is 0 Å². The van der Waals surface area contributed by atoms with Crippen molar-refractivity contribution >= 4 is 17.5 Å². The summed E-state index contributed by atoms with van der Waals surface area (Å²) < 4.78 is 5.28. The number of nitrogens with zero attached hydrogens (tertiary/aromatic N) is 3. The van der Waals surface area contributed by atoms with Crippen LogP contribution in [0.3, 0.4) is 0 Å². The molecule has 1 aliphatic heterocycles. The van der Waals surface area contributed by atoms with Crippen molar-refractivity contribution in [3.63, 3.8) is 0 Å². The summed E-state index contributed by atoms with van der Waals surface area (Å²) in [5.74, 6) is 1.75. The van der Waals surface area contributed by atoms with E-state index in [0.29, 0.717) is 11.9 Å². The summed E-state index contributed by atoms with van der Waals surface area (Å²) >= 11 is 0. The number of nitrogen functional groups attached to an aromatic ring is 1. The molecule has 1 atom stereocenters. The summed E-state index contributed by atoms with van der Waals surface area (Å²) in [5.41, 5.74) is 9.15. The maximum atomic E-state index is 5.98. The van der Waals surface area contributed by atoms with Crippen molar-refractivity contribution in [1.29, 1.82) is 0 Å². The summed E-state index contributed by atoms with van der Waals surface area (Å²) in [6.45, 7) is 1.81. The molecule has 1 fully saturated rings. The molecule has 6 heteroatoms. The Balaban J connectivity index is 1.52. The van der Waals surface area contributed by atoms with Crippen LogP contribution in [-0.4, -0.2) is 28.5 Å². The van der Waals surface area contributed by atoms with Crippen molar-refractivity contribution in [2.75, 3.05) is 24.7 Å². The highest BCUT2D eigenvalue weighted by atomic mass is 16.5. The van der Waals surface area contributed by atoms with Crippen LogP contribution in [-0.2, 0) is 6.54 Å². The van der Waals surface area contributed by atoms with Crippen molar-refractivity contribution in [3.8, 4) is 5.75 Å². The summed E-state index contributed by atoms with van der Waals surface area (Å²) in [6, 6.07) is 20.8. The normalized spacial score (nSPS) is 16.8. The number of aromatic nitrogens is 2. The summed E-state index contributed by atoms with van der Waals surface area (Å²) in [5, 5.41) is 3.30. The Labute approximate surface area is 165 Å². The number of methoxy groups -OCH3 is 1. The molecule has 0 bridgehead atoms. The number of hydrogen-bond acceptors (Lipinski definition) is 6. The van der Waals surface area contributed by atoms with E-state index in [9.17, 15) is 0 Å². The lowest BCUT2D eigenvalue weighted by Crippen LogP contribution is -2.23. The van der Waals surface area contributed by atoms with Gasteiger partial charge in [0.2, 0.25) is 5.95 Å². The third kappa shape index (κ3) is 4.23. The van der Waals surface area contributed by atoms with Gasteiger partial charge in [-0.2, -0.15) is 4.98 Å². The third-order valence-electron chi connectivity index (χ3n) is 5.05. The minimum absolute atomic E-state index is 0.276. The predicted octanol–water partition coefficient (Wildman–Crippen LogP) is 4.15. The molecule has 0 amide bonds. The zero-order valence-electron chi connectivity index (χ0n) is 16.0. The molecule has 2 heterocycles. The highest BCUT2D eigenvalue weighted by Crippen LogP contribution is 2.33. The second kappa shape index (κ2) is 8.27. The molecule has 1 saturated heterocycles. The second-order valence-electron chi connectivity index (χ2n) is 7.00. The van der Waals surface area contributed by atoms with E-state index in [1.807, 2.05) is 30.3 Å². The Kier molecular flexibility index (Phi) is 5.39. The predicted molar refractivity (Wildman–Crippen MR) is 112 cm³/mol. The van der Waals surface area contributed by atoms with Gasteiger partial charge in [-0.1, -0.05) is 36.4 Å². The topological polar surface area (TPSA) is 76.3 Å². The molecule has 3 N–H and O–H groups in total. The van der Waals surface area contributed by atoms with Gasteiger partial charge in [0, 0.05) is 30.4 Å². The van der Waals surface area contributed by atoms with E-state index in [1.54, 1.807) is 7.11 Å². The molecule has 0 radical (unpaired) electrons. The molecule has 28 heavy (non-hydrogen) atoms. The number of nitrogens with one attached hydrogen (secondary N) is 1. The van der Waals surface area contributed by atoms with Gasteiger partial charge < -0.3 is 15.8 Å². The molecule has 1 aliphatic rings. The quantitative estimate of drug-likeness (QED) is 0.674. The largest absolute Gasteiger partial charge is 0.497 e. The van der Waals surface area contributed by atoms with Gasteiger partial charge >= 0.3 is 0 Å². The van der Waals surface area contributed by atoms with Crippen LogP contribution in [0.4, 0.5) is 17.5 Å². The number of nitrogens with two attached hydrogens (primary N) is 1. The fourth-order valence-electron chi connectivity index (χ4n) is 3.79. The maximum absolute atomic E-state index is 5.98. The Bertz CT molecular complexity index is 931. The van der Waals surface area contributed by atoms with Crippen molar-refractivity contribution in [2.24, 2.45) is 0 Å². The Morgan fingerprint density at radius 1 is 1.11 bits per heavy atom. The van der Waals surface area contributed by atoms with Crippen LogP contribution in [0.1, 0.15) is 30.1 Å². The minimum atomic E-state index is 0.276. The number of hydrogen-bond donors (Lipinski definition) is 2. The lowest BCUT2D eigenvalue weighted by molar-refractivity contribution is 0.245. The summed E-state index contributed by atoms with van der Waals surface area (Å²) in [6.07, 6.45) is 2.36. The van der Waals surface area contributed by atoms with Crippen molar-refractivity contribution in [2.45, 2.75) is 25.4 Å². The van der Waals surface area contributed by atoms with E-state index in [4.69, 9.17) is 10.5 Å². The lowest BCUT2D eigenvalue weighted by atomic mass is 10.0. The highest BCUT2D eigenvalue weighted by molar-refractivity contribution is 5.59. The number of benzene rings is 2. The van der Waals surface area contributed by atoms with Crippen LogP contribution in [0.25, 0.3) is 0 Å². The molecule has 3 aromatic rings. The van der Waals surface area contributed by atoms with Crippen LogP contribution in [0.5, 0.6) is 5.75 Å². The highest BCUT2D eigenvalue weighted by Gasteiger charge is 2.26. The molecule has 1 aromatic heterocycles. The van der Waals surface area contributed by atoms with Crippen LogP contribution in [0.15, 0.2) is 60.7 Å². The zero-order valence-corrected chi connectivity index (χ0v) is 16.0. The van der Waals surface area contributed by atoms with Crippen molar-refractivity contribution in [1.82, 2.24) is 14.9 Å². The second-order valence-corrected chi connectivity index (χ2v) is 7.00. The number of anilines is 3. The van der Waals surface area contributed by atoms with Gasteiger partial charge in [-0.3, -0.25) is 4.90 Å². The van der Waals surface area contributed by atoms with E-state index >= 15 is 0 Å². The Morgan fingerprint density at radius 2 is 1.96 bits per heavy atom. The summed E-state index contributed by atoms with van der Waals surface area (Å²) in [4.78, 5) is 11.3. The van der Waals surface area contributed by atoms with Crippen molar-refractivity contribution < 1.29 is 4.74 Å². The van der Waals surface area contributed by atoms with Crippen LogP contribution >= 0.6 is 0 Å². The molecule has 4 rings (SSSR count). The minimum Gasteiger partial charge on any atom is -0.497 e.